The molecule has 0 aromatic carbocycles. The van der Waals surface area contributed by atoms with Crippen LogP contribution in [0.15, 0.2) is 30.7 Å². The van der Waals surface area contributed by atoms with Crippen LogP contribution in [0.4, 0.5) is 0 Å². The van der Waals surface area contributed by atoms with Gasteiger partial charge in [-0.1, -0.05) is 16.8 Å². The van der Waals surface area contributed by atoms with Crippen LogP contribution in [0.5, 0.6) is 0 Å². The van der Waals surface area contributed by atoms with Crippen molar-refractivity contribution < 1.29 is 0 Å². The number of alkyl halides is 1. The van der Waals surface area contributed by atoms with Crippen LogP contribution in [-0.4, -0.2) is 30.3 Å². The predicted molar refractivity (Wildman–Crippen MR) is 78.4 cm³/mol. The number of imidazole rings is 1. The van der Waals surface area contributed by atoms with Gasteiger partial charge >= 0.3 is 0 Å². The molecule has 0 unspecified atom stereocenters. The molecule has 0 amide bonds. The number of hydrogen-bond donors (Lipinski definition) is 0. The van der Waals surface area contributed by atoms with Crippen LogP contribution < -0.4 is 0 Å². The molecule has 5 nitrogen and oxygen atoms in total. The molecule has 0 aliphatic carbocycles. The van der Waals surface area contributed by atoms with Crippen molar-refractivity contribution in [3.05, 3.63) is 47.1 Å². The number of aromatic nitrogens is 5. The number of pyridine rings is 1. The average molecular weight is 310 g/mol. The summed E-state index contributed by atoms with van der Waals surface area (Å²) in [6.07, 6.45) is 7.48. The van der Waals surface area contributed by atoms with Crippen LogP contribution in [-0.2, 0) is 13.0 Å². The van der Waals surface area contributed by atoms with E-state index in [2.05, 4.69) is 15.3 Å². The van der Waals surface area contributed by atoms with Gasteiger partial charge in [0.15, 0.2) is 0 Å². The van der Waals surface area contributed by atoms with Gasteiger partial charge in [0.2, 0.25) is 0 Å². The standard InChI is InChI=1S/C13H13Cl2N5/c14-5-1-2-11-8-20(18-17-11)9-12-7-19-6-10(15)3-4-13(19)16-12/h3-4,6-8H,1-2,5,9H2. The molecule has 3 rings (SSSR count). The molecule has 0 bridgehead atoms. The van der Waals surface area contributed by atoms with Crippen LogP contribution in [0.2, 0.25) is 5.02 Å². The molecule has 7 heteroatoms. The van der Waals surface area contributed by atoms with Crippen LogP contribution >= 0.6 is 23.2 Å². The van der Waals surface area contributed by atoms with Gasteiger partial charge in [0.25, 0.3) is 0 Å². The molecule has 20 heavy (non-hydrogen) atoms. The second kappa shape index (κ2) is 5.81. The SMILES string of the molecule is ClCCCc1cn(Cc2cn3cc(Cl)ccc3n2)nn1. The molecule has 0 N–H and O–H groups in total. The van der Waals surface area contributed by atoms with Gasteiger partial charge < -0.3 is 4.40 Å². The summed E-state index contributed by atoms with van der Waals surface area (Å²) in [5.41, 5.74) is 2.74. The fraction of sp³-hybridized carbons (Fsp3) is 0.308. The van der Waals surface area contributed by atoms with Crippen molar-refractivity contribution in [2.75, 3.05) is 5.88 Å². The van der Waals surface area contributed by atoms with E-state index >= 15 is 0 Å². The zero-order valence-electron chi connectivity index (χ0n) is 10.7. The minimum Gasteiger partial charge on any atom is -0.305 e. The second-order valence-corrected chi connectivity index (χ2v) is 5.36. The maximum absolute atomic E-state index is 5.95. The molecule has 3 aromatic heterocycles. The molecule has 3 heterocycles. The zero-order chi connectivity index (χ0) is 13.9. The van der Waals surface area contributed by atoms with Gasteiger partial charge in [-0.3, -0.25) is 0 Å². The summed E-state index contributed by atoms with van der Waals surface area (Å²) in [5, 5.41) is 8.90. The number of halogens is 2. The number of aryl methyl sites for hydroxylation is 1. The third-order valence-electron chi connectivity index (χ3n) is 2.94. The largest absolute Gasteiger partial charge is 0.305 e. The Bertz CT molecular complexity index is 718. The van der Waals surface area contributed by atoms with E-state index in [9.17, 15) is 0 Å². The maximum atomic E-state index is 5.95. The van der Waals surface area contributed by atoms with E-state index in [0.29, 0.717) is 17.4 Å². The molecule has 0 saturated heterocycles. The van der Waals surface area contributed by atoms with Gasteiger partial charge in [-0.05, 0) is 25.0 Å². The maximum Gasteiger partial charge on any atom is 0.137 e. The van der Waals surface area contributed by atoms with Crippen molar-refractivity contribution in [1.29, 1.82) is 0 Å². The Morgan fingerprint density at radius 3 is 2.85 bits per heavy atom. The Balaban J connectivity index is 1.76. The van der Waals surface area contributed by atoms with Gasteiger partial charge in [0.05, 0.1) is 23.0 Å². The molecular weight excluding hydrogens is 297 g/mol. The van der Waals surface area contributed by atoms with Crippen LogP contribution in [0.25, 0.3) is 5.65 Å². The van der Waals surface area contributed by atoms with Gasteiger partial charge in [-0.2, -0.15) is 0 Å². The zero-order valence-corrected chi connectivity index (χ0v) is 12.2. The van der Waals surface area contributed by atoms with Crippen molar-refractivity contribution in [3.8, 4) is 0 Å². The lowest BCUT2D eigenvalue weighted by molar-refractivity contribution is 0.640. The Morgan fingerprint density at radius 2 is 2.00 bits per heavy atom. The lowest BCUT2D eigenvalue weighted by atomic mass is 10.3. The highest BCUT2D eigenvalue weighted by Crippen LogP contribution is 2.12. The van der Waals surface area contributed by atoms with E-state index < -0.39 is 0 Å². The van der Waals surface area contributed by atoms with Crippen LogP contribution in [0, 0.1) is 0 Å². The molecule has 104 valence electrons. The van der Waals surface area contributed by atoms with E-state index in [1.807, 2.05) is 35.1 Å². The molecule has 0 fully saturated rings. The number of fused-ring (bicyclic) bond motifs is 1. The van der Waals surface area contributed by atoms with Gasteiger partial charge in [0, 0.05) is 24.5 Å². The Hall–Kier alpha value is -1.59. The molecule has 0 spiro atoms. The van der Waals surface area contributed by atoms with Crippen molar-refractivity contribution in [1.82, 2.24) is 24.4 Å². The molecule has 3 aromatic rings. The Labute approximate surface area is 126 Å². The number of nitrogens with zero attached hydrogens (tertiary/aromatic N) is 5. The minimum absolute atomic E-state index is 0.590. The lowest BCUT2D eigenvalue weighted by Crippen LogP contribution is -2.00. The summed E-state index contributed by atoms with van der Waals surface area (Å²) in [6.45, 7) is 0.590. The van der Waals surface area contributed by atoms with E-state index in [1.165, 1.54) is 0 Å². The van der Waals surface area contributed by atoms with Gasteiger partial charge in [0.1, 0.15) is 5.65 Å². The Kier molecular flexibility index (Phi) is 3.89. The van der Waals surface area contributed by atoms with Crippen LogP contribution in [0.1, 0.15) is 17.8 Å². The summed E-state index contributed by atoms with van der Waals surface area (Å²) >= 11 is 11.6. The lowest BCUT2D eigenvalue weighted by Gasteiger charge is -1.94. The van der Waals surface area contributed by atoms with E-state index in [4.69, 9.17) is 23.2 Å². The van der Waals surface area contributed by atoms with E-state index in [1.54, 1.807) is 4.68 Å². The van der Waals surface area contributed by atoms with E-state index in [0.717, 1.165) is 29.9 Å². The normalized spacial score (nSPS) is 11.3. The second-order valence-electron chi connectivity index (χ2n) is 4.55. The highest BCUT2D eigenvalue weighted by Gasteiger charge is 2.05. The van der Waals surface area contributed by atoms with Gasteiger partial charge in [-0.25, -0.2) is 9.67 Å². The molecule has 0 saturated carbocycles. The first-order valence-corrected chi connectivity index (χ1v) is 7.24. The molecule has 0 aliphatic rings. The van der Waals surface area contributed by atoms with E-state index in [-0.39, 0.29) is 0 Å². The quantitative estimate of drug-likeness (QED) is 0.681. The number of hydrogen-bond acceptors (Lipinski definition) is 3. The van der Waals surface area contributed by atoms with Gasteiger partial charge in [-0.15, -0.1) is 16.7 Å². The molecular formula is C13H13Cl2N5. The van der Waals surface area contributed by atoms with Crippen molar-refractivity contribution >= 4 is 28.8 Å². The van der Waals surface area contributed by atoms with Crippen molar-refractivity contribution in [2.45, 2.75) is 19.4 Å². The average Bonchev–Trinajstić information content (AvgIpc) is 3.02. The molecule has 0 aliphatic heterocycles. The monoisotopic (exact) mass is 309 g/mol. The van der Waals surface area contributed by atoms with Crippen molar-refractivity contribution in [3.63, 3.8) is 0 Å². The summed E-state index contributed by atoms with van der Waals surface area (Å²) in [5.74, 6) is 0.639. The summed E-state index contributed by atoms with van der Waals surface area (Å²) < 4.78 is 3.69. The van der Waals surface area contributed by atoms with Crippen LogP contribution in [0.3, 0.4) is 0 Å². The fourth-order valence-electron chi connectivity index (χ4n) is 2.04. The predicted octanol–water partition coefficient (Wildman–Crippen LogP) is 2.80. The first-order chi connectivity index (χ1) is 9.74. The first kappa shape index (κ1) is 13.4. The highest BCUT2D eigenvalue weighted by molar-refractivity contribution is 6.30. The summed E-state index contributed by atoms with van der Waals surface area (Å²) in [7, 11) is 0. The summed E-state index contributed by atoms with van der Waals surface area (Å²) in [4.78, 5) is 4.52. The smallest absolute Gasteiger partial charge is 0.137 e. The number of rotatable bonds is 5. The summed E-state index contributed by atoms with van der Waals surface area (Å²) in [6, 6.07) is 3.71. The van der Waals surface area contributed by atoms with Crippen molar-refractivity contribution in [2.24, 2.45) is 0 Å². The third kappa shape index (κ3) is 2.94. The first-order valence-electron chi connectivity index (χ1n) is 6.33. The fourth-order valence-corrected chi connectivity index (χ4v) is 2.34. The topological polar surface area (TPSA) is 48.0 Å². The highest BCUT2D eigenvalue weighted by atomic mass is 35.5. The molecule has 0 atom stereocenters. The third-order valence-corrected chi connectivity index (χ3v) is 3.43. The molecule has 0 radical (unpaired) electrons. The minimum atomic E-state index is 0.590. The Morgan fingerprint density at radius 1 is 1.10 bits per heavy atom.